The summed E-state index contributed by atoms with van der Waals surface area (Å²) in [5.74, 6) is -2.86. The molecule has 0 atom stereocenters. The Morgan fingerprint density at radius 1 is 1.14 bits per heavy atom. The van der Waals surface area contributed by atoms with Crippen LogP contribution in [-0.4, -0.2) is 53.7 Å². The van der Waals surface area contributed by atoms with Gasteiger partial charge in [0, 0.05) is 13.6 Å². The Hall–Kier alpha value is -2.77. The molecule has 0 bridgehead atoms. The molecule has 2 rings (SSSR count). The smallest absolute Gasteiger partial charge is 0.334 e. The molecule has 1 aromatic carbocycles. The lowest BCUT2D eigenvalue weighted by Gasteiger charge is -2.12. The molecule has 0 aromatic heterocycles. The molecule has 1 heterocycles. The zero-order valence-electron chi connectivity index (χ0n) is 11.8. The number of hydrogen-bond acceptors (Lipinski definition) is 4. The first kappa shape index (κ1) is 15.6. The average molecular weight is 307 g/mol. The SMILES string of the molecule is CN1C(=O)C(=O)N(CC(=O)NCCc2ccc(F)cc2)C1=O. The molecular formula is C14H14FN3O4. The van der Waals surface area contributed by atoms with Crippen molar-refractivity contribution in [2.45, 2.75) is 6.42 Å². The van der Waals surface area contributed by atoms with E-state index in [0.717, 1.165) is 5.56 Å². The molecule has 8 heteroatoms. The first-order valence-electron chi connectivity index (χ1n) is 6.55. The summed E-state index contributed by atoms with van der Waals surface area (Å²) in [7, 11) is 1.18. The van der Waals surface area contributed by atoms with Crippen LogP contribution >= 0.6 is 0 Å². The average Bonchev–Trinajstić information content (AvgIpc) is 2.67. The third-order valence-electron chi connectivity index (χ3n) is 3.20. The van der Waals surface area contributed by atoms with Crippen molar-refractivity contribution in [2.75, 3.05) is 20.1 Å². The van der Waals surface area contributed by atoms with E-state index >= 15 is 0 Å². The summed E-state index contributed by atoms with van der Waals surface area (Å²) in [6, 6.07) is 5.02. The number of carbonyl (C=O) groups is 4. The number of imide groups is 2. The molecule has 116 valence electrons. The number of amides is 5. The summed E-state index contributed by atoms with van der Waals surface area (Å²) in [6.45, 7) is -0.234. The van der Waals surface area contributed by atoms with E-state index in [1.54, 1.807) is 12.1 Å². The van der Waals surface area contributed by atoms with Crippen molar-refractivity contribution in [3.63, 3.8) is 0 Å². The highest BCUT2D eigenvalue weighted by Gasteiger charge is 2.42. The summed E-state index contributed by atoms with van der Waals surface area (Å²) in [5, 5.41) is 2.53. The standard InChI is InChI=1S/C14H14FN3O4/c1-17-12(20)13(21)18(14(17)22)8-11(19)16-7-6-9-2-4-10(15)5-3-9/h2-5H,6-8H2,1H3,(H,16,19). The van der Waals surface area contributed by atoms with Gasteiger partial charge in [-0.05, 0) is 24.1 Å². The molecule has 22 heavy (non-hydrogen) atoms. The molecule has 0 unspecified atom stereocenters. The van der Waals surface area contributed by atoms with Gasteiger partial charge in [-0.2, -0.15) is 0 Å². The molecule has 0 radical (unpaired) electrons. The molecule has 0 saturated carbocycles. The van der Waals surface area contributed by atoms with Gasteiger partial charge >= 0.3 is 17.8 Å². The van der Waals surface area contributed by atoms with Crippen molar-refractivity contribution in [1.82, 2.24) is 15.1 Å². The van der Waals surface area contributed by atoms with E-state index < -0.39 is 30.3 Å². The topological polar surface area (TPSA) is 86.8 Å². The molecule has 1 aliphatic heterocycles. The highest BCUT2D eigenvalue weighted by molar-refractivity contribution is 6.44. The van der Waals surface area contributed by atoms with E-state index in [-0.39, 0.29) is 12.4 Å². The van der Waals surface area contributed by atoms with Gasteiger partial charge in [-0.15, -0.1) is 0 Å². The molecule has 5 amide bonds. The normalized spacial score (nSPS) is 14.7. The minimum atomic E-state index is -1.01. The summed E-state index contributed by atoms with van der Waals surface area (Å²) >= 11 is 0. The fourth-order valence-corrected chi connectivity index (χ4v) is 1.95. The number of rotatable bonds is 5. The van der Waals surface area contributed by atoms with Crippen LogP contribution in [0.1, 0.15) is 5.56 Å². The quantitative estimate of drug-likeness (QED) is 0.608. The fraction of sp³-hybridized carbons (Fsp3) is 0.286. The molecule has 0 spiro atoms. The van der Waals surface area contributed by atoms with Gasteiger partial charge in [-0.3, -0.25) is 19.3 Å². The minimum absolute atomic E-state index is 0.268. The predicted octanol–water partition coefficient (Wildman–Crippen LogP) is -0.0950. The van der Waals surface area contributed by atoms with Crippen LogP contribution in [0.3, 0.4) is 0 Å². The van der Waals surface area contributed by atoms with Crippen LogP contribution in [0.5, 0.6) is 0 Å². The number of carbonyl (C=O) groups excluding carboxylic acids is 4. The molecule has 1 saturated heterocycles. The molecule has 1 fully saturated rings. The Kier molecular flexibility index (Phi) is 4.50. The summed E-state index contributed by atoms with van der Waals surface area (Å²) in [5.41, 5.74) is 0.838. The van der Waals surface area contributed by atoms with Crippen molar-refractivity contribution >= 4 is 23.8 Å². The maximum Gasteiger partial charge on any atom is 0.334 e. The summed E-state index contributed by atoms with van der Waals surface area (Å²) in [4.78, 5) is 47.3. The number of benzene rings is 1. The van der Waals surface area contributed by atoms with Crippen LogP contribution < -0.4 is 5.32 Å². The lowest BCUT2D eigenvalue weighted by Crippen LogP contribution is -2.41. The maximum atomic E-state index is 12.7. The Morgan fingerprint density at radius 3 is 2.32 bits per heavy atom. The Balaban J connectivity index is 1.81. The number of halogens is 1. The van der Waals surface area contributed by atoms with Crippen molar-refractivity contribution < 1.29 is 23.6 Å². The van der Waals surface area contributed by atoms with Gasteiger partial charge in [0.2, 0.25) is 5.91 Å². The van der Waals surface area contributed by atoms with Crippen LogP contribution in [-0.2, 0) is 20.8 Å². The molecule has 0 aliphatic carbocycles. The van der Waals surface area contributed by atoms with Crippen LogP contribution in [0.2, 0.25) is 0 Å². The van der Waals surface area contributed by atoms with E-state index in [1.165, 1.54) is 19.2 Å². The molecular weight excluding hydrogens is 293 g/mol. The summed E-state index contributed by atoms with van der Waals surface area (Å²) in [6.07, 6.45) is 0.479. The lowest BCUT2D eigenvalue weighted by atomic mass is 10.1. The third kappa shape index (κ3) is 3.27. The first-order valence-corrected chi connectivity index (χ1v) is 6.55. The van der Waals surface area contributed by atoms with E-state index in [9.17, 15) is 23.6 Å². The highest BCUT2D eigenvalue weighted by atomic mass is 19.1. The van der Waals surface area contributed by atoms with E-state index in [2.05, 4.69) is 5.32 Å². The highest BCUT2D eigenvalue weighted by Crippen LogP contribution is 2.08. The lowest BCUT2D eigenvalue weighted by molar-refractivity contribution is -0.143. The van der Waals surface area contributed by atoms with Crippen molar-refractivity contribution in [2.24, 2.45) is 0 Å². The van der Waals surface area contributed by atoms with Gasteiger partial charge in [0.25, 0.3) is 0 Å². The van der Waals surface area contributed by atoms with Gasteiger partial charge in [0.1, 0.15) is 12.4 Å². The first-order chi connectivity index (χ1) is 10.4. The van der Waals surface area contributed by atoms with Gasteiger partial charge in [0.15, 0.2) is 0 Å². The van der Waals surface area contributed by atoms with Crippen LogP contribution in [0.25, 0.3) is 0 Å². The second kappa shape index (κ2) is 6.33. The van der Waals surface area contributed by atoms with E-state index in [4.69, 9.17) is 0 Å². The zero-order chi connectivity index (χ0) is 16.3. The third-order valence-corrected chi connectivity index (χ3v) is 3.20. The number of likely N-dealkylation sites (N-methyl/N-ethyl adjacent to an activating group) is 1. The number of nitrogens with one attached hydrogen (secondary N) is 1. The number of urea groups is 1. The Bertz CT molecular complexity index is 629. The van der Waals surface area contributed by atoms with Gasteiger partial charge in [0.05, 0.1) is 0 Å². The zero-order valence-corrected chi connectivity index (χ0v) is 11.8. The molecule has 1 N–H and O–H groups in total. The monoisotopic (exact) mass is 307 g/mol. The number of nitrogens with zero attached hydrogens (tertiary/aromatic N) is 2. The van der Waals surface area contributed by atoms with Gasteiger partial charge in [-0.1, -0.05) is 12.1 Å². The summed E-state index contributed by atoms with van der Waals surface area (Å²) < 4.78 is 12.7. The van der Waals surface area contributed by atoms with Crippen LogP contribution in [0.15, 0.2) is 24.3 Å². The largest absolute Gasteiger partial charge is 0.354 e. The molecule has 1 aromatic rings. The van der Waals surface area contributed by atoms with E-state index in [0.29, 0.717) is 16.2 Å². The Labute approximate surface area is 125 Å². The van der Waals surface area contributed by atoms with E-state index in [1.807, 2.05) is 0 Å². The maximum absolute atomic E-state index is 12.7. The second-order valence-electron chi connectivity index (χ2n) is 4.76. The van der Waals surface area contributed by atoms with Crippen LogP contribution in [0.4, 0.5) is 9.18 Å². The van der Waals surface area contributed by atoms with Gasteiger partial charge in [-0.25, -0.2) is 14.1 Å². The van der Waals surface area contributed by atoms with Crippen molar-refractivity contribution in [3.05, 3.63) is 35.6 Å². The fourth-order valence-electron chi connectivity index (χ4n) is 1.95. The minimum Gasteiger partial charge on any atom is -0.354 e. The van der Waals surface area contributed by atoms with Crippen molar-refractivity contribution in [1.29, 1.82) is 0 Å². The van der Waals surface area contributed by atoms with Crippen molar-refractivity contribution in [3.8, 4) is 0 Å². The molecule has 7 nitrogen and oxygen atoms in total. The second-order valence-corrected chi connectivity index (χ2v) is 4.76. The molecule has 1 aliphatic rings. The van der Waals surface area contributed by atoms with Crippen LogP contribution in [0, 0.1) is 5.82 Å². The Morgan fingerprint density at radius 2 is 1.77 bits per heavy atom. The number of hydrogen-bond donors (Lipinski definition) is 1. The predicted molar refractivity (Wildman–Crippen MR) is 73.0 cm³/mol. The van der Waals surface area contributed by atoms with Gasteiger partial charge < -0.3 is 5.32 Å².